The van der Waals surface area contributed by atoms with Gasteiger partial charge in [-0.3, -0.25) is 0 Å². The molecule has 2 aromatic rings. The molecule has 4 heteroatoms. The van der Waals surface area contributed by atoms with Crippen molar-refractivity contribution in [3.05, 3.63) is 42.5 Å². The number of carbonyl (C=O) groups excluding carboxylic acids is 1. The Kier molecular flexibility index (Phi) is 3.19. The van der Waals surface area contributed by atoms with Crippen LogP contribution in [0.3, 0.4) is 0 Å². The average Bonchev–Trinajstić information content (AvgIpc) is 2.85. The van der Waals surface area contributed by atoms with E-state index in [2.05, 4.69) is 5.32 Å². The number of hydrogen-bond donors (Lipinski definition) is 2. The molecule has 1 saturated heterocycles. The lowest BCUT2D eigenvalue weighted by atomic mass is 10.1. The normalized spacial score (nSPS) is 22.6. The molecule has 2 atom stereocenters. The van der Waals surface area contributed by atoms with Gasteiger partial charge in [0.1, 0.15) is 11.8 Å². The number of nitrogens with one attached hydrogen (secondary N) is 1. The Morgan fingerprint density at radius 1 is 1.21 bits per heavy atom. The quantitative estimate of drug-likeness (QED) is 0.632. The van der Waals surface area contributed by atoms with E-state index in [9.17, 15) is 9.90 Å². The minimum atomic E-state index is -0.464. The van der Waals surface area contributed by atoms with Crippen LogP contribution in [0.15, 0.2) is 42.5 Å². The fourth-order valence-corrected chi connectivity index (χ4v) is 2.31. The summed E-state index contributed by atoms with van der Waals surface area (Å²) >= 11 is 0. The Labute approximate surface area is 111 Å². The summed E-state index contributed by atoms with van der Waals surface area (Å²) in [5.74, 6) is 0.193. The molecule has 0 aliphatic carbocycles. The standard InChI is InChI=1S/C15H15NO3/c17-12-8-14(16-9-12)15(18)19-13-6-5-10-3-1-2-4-11(10)7-13/h1-7,12,14,16-17H,8-9H2/t12-,14+/m1/s1. The van der Waals surface area contributed by atoms with Gasteiger partial charge in [-0.25, -0.2) is 4.79 Å². The topological polar surface area (TPSA) is 58.6 Å². The Morgan fingerprint density at radius 3 is 2.74 bits per heavy atom. The highest BCUT2D eigenvalue weighted by molar-refractivity contribution is 5.85. The van der Waals surface area contributed by atoms with Crippen LogP contribution in [-0.2, 0) is 4.79 Å². The first-order valence-corrected chi connectivity index (χ1v) is 6.34. The predicted molar refractivity (Wildman–Crippen MR) is 72.0 cm³/mol. The lowest BCUT2D eigenvalue weighted by molar-refractivity contribution is -0.136. The van der Waals surface area contributed by atoms with Crippen molar-refractivity contribution in [1.29, 1.82) is 0 Å². The third-order valence-electron chi connectivity index (χ3n) is 3.33. The van der Waals surface area contributed by atoms with Gasteiger partial charge in [-0.1, -0.05) is 30.3 Å². The Hall–Kier alpha value is -1.91. The molecule has 0 amide bonds. The number of rotatable bonds is 2. The number of β-amino-alcohol motifs (C(OH)–C–C–N with tert-alkyl or cyclic N) is 1. The second-order valence-electron chi connectivity index (χ2n) is 4.78. The predicted octanol–water partition coefficient (Wildman–Crippen LogP) is 1.47. The van der Waals surface area contributed by atoms with E-state index in [0.717, 1.165) is 10.8 Å². The summed E-state index contributed by atoms with van der Waals surface area (Å²) in [7, 11) is 0. The van der Waals surface area contributed by atoms with Gasteiger partial charge < -0.3 is 15.2 Å². The number of hydrogen-bond acceptors (Lipinski definition) is 4. The molecule has 1 fully saturated rings. The van der Waals surface area contributed by atoms with Crippen molar-refractivity contribution in [3.63, 3.8) is 0 Å². The smallest absolute Gasteiger partial charge is 0.328 e. The van der Waals surface area contributed by atoms with Crippen molar-refractivity contribution in [2.45, 2.75) is 18.6 Å². The van der Waals surface area contributed by atoms with Crippen LogP contribution >= 0.6 is 0 Å². The average molecular weight is 257 g/mol. The molecule has 2 N–H and O–H groups in total. The van der Waals surface area contributed by atoms with Gasteiger partial charge in [0.25, 0.3) is 0 Å². The molecule has 1 heterocycles. The zero-order chi connectivity index (χ0) is 13.2. The van der Waals surface area contributed by atoms with Crippen LogP contribution < -0.4 is 10.1 Å². The number of aliphatic hydroxyl groups excluding tert-OH is 1. The van der Waals surface area contributed by atoms with E-state index < -0.39 is 12.1 Å². The SMILES string of the molecule is O=C(Oc1ccc2ccccc2c1)[C@@H]1C[C@@H](O)CN1. The largest absolute Gasteiger partial charge is 0.425 e. The Bertz CT molecular complexity index is 611. The lowest BCUT2D eigenvalue weighted by Gasteiger charge is -2.10. The highest BCUT2D eigenvalue weighted by Crippen LogP contribution is 2.21. The summed E-state index contributed by atoms with van der Waals surface area (Å²) in [5.41, 5.74) is 0. The number of esters is 1. The summed E-state index contributed by atoms with van der Waals surface area (Å²) in [6, 6.07) is 13.0. The van der Waals surface area contributed by atoms with Crippen molar-refractivity contribution in [1.82, 2.24) is 5.32 Å². The first kappa shape index (κ1) is 12.1. The number of carbonyl (C=O) groups is 1. The second-order valence-corrected chi connectivity index (χ2v) is 4.78. The maximum atomic E-state index is 11.9. The van der Waals surface area contributed by atoms with Gasteiger partial charge in [-0.05, 0) is 22.9 Å². The monoisotopic (exact) mass is 257 g/mol. The van der Waals surface area contributed by atoms with E-state index in [0.29, 0.717) is 18.7 Å². The number of ether oxygens (including phenoxy) is 1. The fraction of sp³-hybridized carbons (Fsp3) is 0.267. The van der Waals surface area contributed by atoms with E-state index in [1.54, 1.807) is 6.07 Å². The van der Waals surface area contributed by atoms with Crippen molar-refractivity contribution in [2.75, 3.05) is 6.54 Å². The van der Waals surface area contributed by atoms with E-state index in [4.69, 9.17) is 4.74 Å². The number of benzene rings is 2. The van der Waals surface area contributed by atoms with Gasteiger partial charge in [0.2, 0.25) is 0 Å². The van der Waals surface area contributed by atoms with E-state index in [1.165, 1.54) is 0 Å². The molecule has 0 bridgehead atoms. The highest BCUT2D eigenvalue weighted by atomic mass is 16.5. The maximum absolute atomic E-state index is 11.9. The summed E-state index contributed by atoms with van der Waals surface area (Å²) in [6.07, 6.45) is -0.0546. The summed E-state index contributed by atoms with van der Waals surface area (Å²) in [6.45, 7) is 0.442. The van der Waals surface area contributed by atoms with Gasteiger partial charge >= 0.3 is 5.97 Å². The molecule has 3 rings (SSSR count). The zero-order valence-corrected chi connectivity index (χ0v) is 10.4. The first-order valence-electron chi connectivity index (χ1n) is 6.34. The van der Waals surface area contributed by atoms with Crippen molar-refractivity contribution >= 4 is 16.7 Å². The van der Waals surface area contributed by atoms with Crippen LogP contribution in [0.5, 0.6) is 5.75 Å². The van der Waals surface area contributed by atoms with Crippen LogP contribution in [0.1, 0.15) is 6.42 Å². The molecular weight excluding hydrogens is 242 g/mol. The molecule has 1 aliphatic rings. The lowest BCUT2D eigenvalue weighted by Crippen LogP contribution is -2.34. The van der Waals surface area contributed by atoms with Gasteiger partial charge in [0, 0.05) is 13.0 Å². The van der Waals surface area contributed by atoms with Crippen molar-refractivity contribution < 1.29 is 14.6 Å². The molecule has 0 saturated carbocycles. The van der Waals surface area contributed by atoms with Gasteiger partial charge in [-0.15, -0.1) is 0 Å². The molecule has 98 valence electrons. The molecule has 0 radical (unpaired) electrons. The molecule has 19 heavy (non-hydrogen) atoms. The molecule has 2 aromatic carbocycles. The van der Waals surface area contributed by atoms with Gasteiger partial charge in [0.15, 0.2) is 0 Å². The minimum absolute atomic E-state index is 0.341. The third kappa shape index (κ3) is 2.59. The van der Waals surface area contributed by atoms with Crippen LogP contribution in [0, 0.1) is 0 Å². The summed E-state index contributed by atoms with van der Waals surface area (Å²) in [5, 5.41) is 14.5. The molecular formula is C15H15NO3. The zero-order valence-electron chi connectivity index (χ0n) is 10.4. The molecule has 0 aromatic heterocycles. The molecule has 4 nitrogen and oxygen atoms in total. The highest BCUT2D eigenvalue weighted by Gasteiger charge is 2.29. The maximum Gasteiger partial charge on any atom is 0.328 e. The number of fused-ring (bicyclic) bond motifs is 1. The van der Waals surface area contributed by atoms with Gasteiger partial charge in [-0.2, -0.15) is 0 Å². The Morgan fingerprint density at radius 2 is 2.00 bits per heavy atom. The molecule has 1 aliphatic heterocycles. The van der Waals surface area contributed by atoms with Crippen molar-refractivity contribution in [3.8, 4) is 5.75 Å². The van der Waals surface area contributed by atoms with Crippen LogP contribution in [0.25, 0.3) is 10.8 Å². The van der Waals surface area contributed by atoms with Crippen LogP contribution in [0.2, 0.25) is 0 Å². The fourth-order valence-electron chi connectivity index (χ4n) is 2.31. The second kappa shape index (κ2) is 4.99. The Balaban J connectivity index is 1.76. The molecule has 0 spiro atoms. The molecule has 0 unspecified atom stereocenters. The first-order chi connectivity index (χ1) is 9.22. The third-order valence-corrected chi connectivity index (χ3v) is 3.33. The van der Waals surface area contributed by atoms with Crippen LogP contribution in [-0.4, -0.2) is 29.8 Å². The summed E-state index contributed by atoms with van der Waals surface area (Å²) < 4.78 is 5.34. The van der Waals surface area contributed by atoms with E-state index in [-0.39, 0.29) is 5.97 Å². The van der Waals surface area contributed by atoms with Crippen molar-refractivity contribution in [2.24, 2.45) is 0 Å². The summed E-state index contributed by atoms with van der Waals surface area (Å²) in [4.78, 5) is 11.9. The van der Waals surface area contributed by atoms with Crippen LogP contribution in [0.4, 0.5) is 0 Å². The van der Waals surface area contributed by atoms with E-state index >= 15 is 0 Å². The minimum Gasteiger partial charge on any atom is -0.425 e. The van der Waals surface area contributed by atoms with E-state index in [1.807, 2.05) is 36.4 Å². The van der Waals surface area contributed by atoms with Gasteiger partial charge in [0.05, 0.1) is 6.10 Å². The number of aliphatic hydroxyl groups is 1.